The van der Waals surface area contributed by atoms with Crippen molar-refractivity contribution in [3.63, 3.8) is 0 Å². The smallest absolute Gasteiger partial charge is 0.158 e. The van der Waals surface area contributed by atoms with Gasteiger partial charge in [0.15, 0.2) is 5.65 Å². The van der Waals surface area contributed by atoms with E-state index in [1.807, 2.05) is 25.1 Å². The number of aromatic nitrogens is 4. The van der Waals surface area contributed by atoms with Gasteiger partial charge in [0.25, 0.3) is 0 Å². The molecular weight excluding hydrogens is 240 g/mol. The number of anilines is 1. The Morgan fingerprint density at radius 3 is 2.89 bits per heavy atom. The zero-order valence-electron chi connectivity index (χ0n) is 10.2. The Kier molecular flexibility index (Phi) is 2.39. The number of nitriles is 1. The molecule has 6 heteroatoms. The fraction of sp³-hybridized carbons (Fsp3) is 0.0769. The van der Waals surface area contributed by atoms with E-state index in [2.05, 4.69) is 15.1 Å². The highest BCUT2D eigenvalue weighted by Crippen LogP contribution is 2.25. The summed E-state index contributed by atoms with van der Waals surface area (Å²) in [5.74, 6) is 0. The summed E-state index contributed by atoms with van der Waals surface area (Å²) in [6.45, 7) is 1.85. The summed E-state index contributed by atoms with van der Waals surface area (Å²) in [5, 5.41) is 13.0. The molecule has 0 saturated heterocycles. The molecule has 6 nitrogen and oxygen atoms in total. The van der Waals surface area contributed by atoms with Crippen LogP contribution in [0.1, 0.15) is 11.4 Å². The first-order valence-electron chi connectivity index (χ1n) is 5.66. The molecule has 0 bridgehead atoms. The standard InChI is InChI=1S/C13H10N6/c1-8-11(3-2-10(6-14)18-8)12-4-9(15)5-13-16-7-17-19(12)13/h2-5,7H,15H2,1H3. The molecular formula is C13H10N6. The molecule has 0 saturated carbocycles. The van der Waals surface area contributed by atoms with Crippen molar-refractivity contribution in [2.24, 2.45) is 0 Å². The van der Waals surface area contributed by atoms with Crippen LogP contribution >= 0.6 is 0 Å². The van der Waals surface area contributed by atoms with E-state index in [4.69, 9.17) is 11.0 Å². The van der Waals surface area contributed by atoms with Gasteiger partial charge in [-0.15, -0.1) is 0 Å². The zero-order valence-corrected chi connectivity index (χ0v) is 10.2. The van der Waals surface area contributed by atoms with Gasteiger partial charge in [0.05, 0.1) is 5.69 Å². The SMILES string of the molecule is Cc1nc(C#N)ccc1-c1cc(N)cc2ncnn12. The van der Waals surface area contributed by atoms with Crippen LogP contribution in [0.3, 0.4) is 0 Å². The number of hydrogen-bond acceptors (Lipinski definition) is 5. The molecule has 0 radical (unpaired) electrons. The number of hydrogen-bond donors (Lipinski definition) is 1. The van der Waals surface area contributed by atoms with Crippen LogP contribution < -0.4 is 5.73 Å². The Morgan fingerprint density at radius 2 is 2.16 bits per heavy atom. The van der Waals surface area contributed by atoms with E-state index < -0.39 is 0 Å². The molecule has 19 heavy (non-hydrogen) atoms. The minimum Gasteiger partial charge on any atom is -0.399 e. The van der Waals surface area contributed by atoms with Gasteiger partial charge in [-0.05, 0) is 25.1 Å². The van der Waals surface area contributed by atoms with Crippen LogP contribution in [0.5, 0.6) is 0 Å². The third-order valence-corrected chi connectivity index (χ3v) is 2.88. The molecule has 0 aromatic carbocycles. The Labute approximate surface area is 109 Å². The molecule has 3 aromatic rings. The molecule has 3 heterocycles. The van der Waals surface area contributed by atoms with E-state index in [0.29, 0.717) is 17.0 Å². The highest BCUT2D eigenvalue weighted by Gasteiger charge is 2.10. The summed E-state index contributed by atoms with van der Waals surface area (Å²) in [5.41, 5.74) is 9.99. The summed E-state index contributed by atoms with van der Waals surface area (Å²) in [7, 11) is 0. The van der Waals surface area contributed by atoms with Crippen molar-refractivity contribution in [1.29, 1.82) is 5.26 Å². The molecule has 0 atom stereocenters. The Bertz CT molecular complexity index is 812. The van der Waals surface area contributed by atoms with Gasteiger partial charge in [-0.3, -0.25) is 0 Å². The van der Waals surface area contributed by atoms with E-state index in [-0.39, 0.29) is 0 Å². The van der Waals surface area contributed by atoms with Crippen molar-refractivity contribution >= 4 is 11.3 Å². The predicted octanol–water partition coefficient (Wildman–Crippen LogP) is 1.55. The van der Waals surface area contributed by atoms with Crippen LogP contribution in [0.15, 0.2) is 30.6 Å². The fourth-order valence-electron chi connectivity index (χ4n) is 2.03. The quantitative estimate of drug-likeness (QED) is 0.707. The van der Waals surface area contributed by atoms with Gasteiger partial charge in [0, 0.05) is 23.0 Å². The number of fused-ring (bicyclic) bond motifs is 1. The molecule has 2 N–H and O–H groups in total. The highest BCUT2D eigenvalue weighted by molar-refractivity contribution is 5.70. The van der Waals surface area contributed by atoms with Gasteiger partial charge in [-0.25, -0.2) is 14.5 Å². The van der Waals surface area contributed by atoms with Crippen LogP contribution in [-0.2, 0) is 0 Å². The van der Waals surface area contributed by atoms with E-state index in [1.165, 1.54) is 6.33 Å². The molecule has 92 valence electrons. The first kappa shape index (κ1) is 11.2. The van der Waals surface area contributed by atoms with Crippen LogP contribution in [0.2, 0.25) is 0 Å². The maximum Gasteiger partial charge on any atom is 0.158 e. The average molecular weight is 250 g/mol. The van der Waals surface area contributed by atoms with Gasteiger partial charge < -0.3 is 5.73 Å². The van der Waals surface area contributed by atoms with Crippen LogP contribution in [0.25, 0.3) is 16.9 Å². The van der Waals surface area contributed by atoms with E-state index in [1.54, 1.807) is 16.6 Å². The van der Waals surface area contributed by atoms with E-state index in [0.717, 1.165) is 17.0 Å². The van der Waals surface area contributed by atoms with Crippen molar-refractivity contribution in [3.8, 4) is 17.3 Å². The van der Waals surface area contributed by atoms with Crippen molar-refractivity contribution in [3.05, 3.63) is 42.0 Å². The van der Waals surface area contributed by atoms with Crippen molar-refractivity contribution in [2.45, 2.75) is 6.92 Å². The summed E-state index contributed by atoms with van der Waals surface area (Å²) >= 11 is 0. The molecule has 0 aliphatic heterocycles. The molecule has 0 spiro atoms. The second kappa shape index (κ2) is 4.07. The maximum absolute atomic E-state index is 8.85. The van der Waals surface area contributed by atoms with Gasteiger partial charge in [0.2, 0.25) is 0 Å². The van der Waals surface area contributed by atoms with Gasteiger partial charge in [0.1, 0.15) is 18.1 Å². The number of aryl methyl sites for hydroxylation is 1. The Balaban J connectivity index is 2.30. The molecule has 3 aromatic heterocycles. The van der Waals surface area contributed by atoms with Gasteiger partial charge in [-0.2, -0.15) is 10.4 Å². The highest BCUT2D eigenvalue weighted by atomic mass is 15.3. The number of nitrogens with zero attached hydrogens (tertiary/aromatic N) is 5. The van der Waals surface area contributed by atoms with Crippen molar-refractivity contribution in [1.82, 2.24) is 19.6 Å². The number of pyridine rings is 2. The first-order chi connectivity index (χ1) is 9.19. The van der Waals surface area contributed by atoms with Crippen molar-refractivity contribution in [2.75, 3.05) is 5.73 Å². The topological polar surface area (TPSA) is 92.9 Å². The minimum atomic E-state index is 0.389. The van der Waals surface area contributed by atoms with Crippen LogP contribution in [0, 0.1) is 18.3 Å². The second-order valence-corrected chi connectivity index (χ2v) is 4.15. The molecule has 0 aliphatic carbocycles. The average Bonchev–Trinajstić information content (AvgIpc) is 2.85. The molecule has 0 fully saturated rings. The maximum atomic E-state index is 8.85. The lowest BCUT2D eigenvalue weighted by Crippen LogP contribution is -2.00. The van der Waals surface area contributed by atoms with E-state index >= 15 is 0 Å². The van der Waals surface area contributed by atoms with Gasteiger partial charge in [-0.1, -0.05) is 0 Å². The minimum absolute atomic E-state index is 0.389. The van der Waals surface area contributed by atoms with Crippen molar-refractivity contribution < 1.29 is 0 Å². The van der Waals surface area contributed by atoms with E-state index in [9.17, 15) is 0 Å². The normalized spacial score (nSPS) is 10.5. The molecule has 0 aliphatic rings. The molecule has 0 unspecified atom stereocenters. The lowest BCUT2D eigenvalue weighted by Gasteiger charge is -2.08. The number of rotatable bonds is 1. The summed E-state index contributed by atoms with van der Waals surface area (Å²) in [6, 6.07) is 9.11. The second-order valence-electron chi connectivity index (χ2n) is 4.15. The molecule has 3 rings (SSSR count). The zero-order chi connectivity index (χ0) is 13.4. The summed E-state index contributed by atoms with van der Waals surface area (Å²) in [4.78, 5) is 8.35. The lowest BCUT2D eigenvalue weighted by atomic mass is 10.1. The van der Waals surface area contributed by atoms with Gasteiger partial charge >= 0.3 is 0 Å². The Hall–Kier alpha value is -2.94. The third kappa shape index (κ3) is 1.77. The summed E-state index contributed by atoms with van der Waals surface area (Å²) in [6.07, 6.45) is 1.48. The monoisotopic (exact) mass is 250 g/mol. The predicted molar refractivity (Wildman–Crippen MR) is 70.1 cm³/mol. The Morgan fingerprint density at radius 1 is 1.32 bits per heavy atom. The van der Waals surface area contributed by atoms with Crippen LogP contribution in [-0.4, -0.2) is 19.6 Å². The third-order valence-electron chi connectivity index (χ3n) is 2.88. The van der Waals surface area contributed by atoms with Crippen LogP contribution in [0.4, 0.5) is 5.69 Å². The first-order valence-corrected chi connectivity index (χ1v) is 5.66. The summed E-state index contributed by atoms with van der Waals surface area (Å²) < 4.78 is 1.70. The largest absolute Gasteiger partial charge is 0.399 e. The number of nitrogens with two attached hydrogens (primary N) is 1. The number of nitrogen functional groups attached to an aromatic ring is 1. The lowest BCUT2D eigenvalue weighted by molar-refractivity contribution is 0.965. The fourth-order valence-corrected chi connectivity index (χ4v) is 2.03. The molecule has 0 amide bonds.